The first kappa shape index (κ1) is 16.3. The van der Waals surface area contributed by atoms with Gasteiger partial charge in [0, 0.05) is 32.7 Å². The number of carbonyl (C=O) groups excluding carboxylic acids is 2. The quantitative estimate of drug-likeness (QED) is 0.866. The van der Waals surface area contributed by atoms with Crippen molar-refractivity contribution in [2.24, 2.45) is 0 Å². The normalized spacial score (nSPS) is 14.6. The molecule has 1 aliphatic rings. The highest BCUT2D eigenvalue weighted by Gasteiger charge is 2.25. The summed E-state index contributed by atoms with van der Waals surface area (Å²) in [7, 11) is 0. The molecular formula is C15H17ClFN3O2. The van der Waals surface area contributed by atoms with Crippen LogP contribution in [0, 0.1) is 5.82 Å². The van der Waals surface area contributed by atoms with E-state index < -0.39 is 5.82 Å². The van der Waals surface area contributed by atoms with Crippen molar-refractivity contribution in [3.8, 4) is 0 Å². The second kappa shape index (κ2) is 7.26. The molecule has 1 saturated heterocycles. The van der Waals surface area contributed by atoms with E-state index in [0.29, 0.717) is 32.7 Å². The van der Waals surface area contributed by atoms with E-state index in [1.807, 2.05) is 0 Å². The lowest BCUT2D eigenvalue weighted by Crippen LogP contribution is -2.53. The van der Waals surface area contributed by atoms with Gasteiger partial charge < -0.3 is 15.1 Å². The zero-order valence-electron chi connectivity index (χ0n) is 12.0. The minimum atomic E-state index is -0.481. The van der Waals surface area contributed by atoms with Gasteiger partial charge in [-0.2, -0.15) is 0 Å². The highest BCUT2D eigenvalue weighted by atomic mass is 35.5. The number of carbonyl (C=O) groups is 2. The van der Waals surface area contributed by atoms with Gasteiger partial charge in [0.05, 0.1) is 10.6 Å². The average Bonchev–Trinajstić information content (AvgIpc) is 2.52. The van der Waals surface area contributed by atoms with Crippen LogP contribution >= 0.6 is 11.6 Å². The SMILES string of the molecule is C=CCNC(=O)N1CCN(C(=O)c2ccc(F)cc2Cl)CC1. The summed E-state index contributed by atoms with van der Waals surface area (Å²) in [5.74, 6) is -0.735. The number of rotatable bonds is 3. The fourth-order valence-electron chi connectivity index (χ4n) is 2.22. The number of hydrogen-bond acceptors (Lipinski definition) is 2. The molecule has 0 spiro atoms. The van der Waals surface area contributed by atoms with Crippen LogP contribution in [0.15, 0.2) is 30.9 Å². The first-order valence-electron chi connectivity index (χ1n) is 6.91. The van der Waals surface area contributed by atoms with Gasteiger partial charge in [0.2, 0.25) is 0 Å². The number of hydrogen-bond donors (Lipinski definition) is 1. The Balaban J connectivity index is 1.95. The summed E-state index contributed by atoms with van der Waals surface area (Å²) < 4.78 is 13.0. The summed E-state index contributed by atoms with van der Waals surface area (Å²) in [6.45, 7) is 5.64. The smallest absolute Gasteiger partial charge is 0.317 e. The first-order valence-corrected chi connectivity index (χ1v) is 7.28. The monoisotopic (exact) mass is 325 g/mol. The van der Waals surface area contributed by atoms with Crippen molar-refractivity contribution < 1.29 is 14.0 Å². The second-order valence-corrected chi connectivity index (χ2v) is 5.29. The van der Waals surface area contributed by atoms with E-state index in [2.05, 4.69) is 11.9 Å². The molecule has 0 radical (unpaired) electrons. The molecule has 0 aliphatic carbocycles. The van der Waals surface area contributed by atoms with E-state index in [0.717, 1.165) is 6.07 Å². The maximum Gasteiger partial charge on any atom is 0.317 e. The Bertz CT molecular complexity index is 586. The minimum absolute atomic E-state index is 0.0937. The Morgan fingerprint density at radius 1 is 1.27 bits per heavy atom. The van der Waals surface area contributed by atoms with Crippen molar-refractivity contribution in [1.29, 1.82) is 0 Å². The molecule has 0 aromatic heterocycles. The topological polar surface area (TPSA) is 52.7 Å². The predicted molar refractivity (Wildman–Crippen MR) is 82.5 cm³/mol. The van der Waals surface area contributed by atoms with E-state index in [4.69, 9.17) is 11.6 Å². The molecule has 1 heterocycles. The van der Waals surface area contributed by atoms with Gasteiger partial charge in [0.1, 0.15) is 5.82 Å². The summed E-state index contributed by atoms with van der Waals surface area (Å²) in [6.07, 6.45) is 1.61. The van der Waals surface area contributed by atoms with Gasteiger partial charge in [-0.15, -0.1) is 6.58 Å². The largest absolute Gasteiger partial charge is 0.335 e. The predicted octanol–water partition coefficient (Wildman–Crippen LogP) is 2.13. The van der Waals surface area contributed by atoms with Crippen LogP contribution in [-0.4, -0.2) is 54.5 Å². The number of urea groups is 1. The van der Waals surface area contributed by atoms with Gasteiger partial charge in [0.25, 0.3) is 5.91 Å². The van der Waals surface area contributed by atoms with Crippen LogP contribution in [0.3, 0.4) is 0 Å². The molecule has 7 heteroatoms. The summed E-state index contributed by atoms with van der Waals surface area (Å²) in [6, 6.07) is 3.53. The maximum atomic E-state index is 13.0. The number of nitrogens with zero attached hydrogens (tertiary/aromatic N) is 2. The summed E-state index contributed by atoms with van der Waals surface area (Å²) >= 11 is 5.91. The lowest BCUT2D eigenvalue weighted by atomic mass is 10.1. The molecule has 118 valence electrons. The van der Waals surface area contributed by atoms with Crippen molar-refractivity contribution in [1.82, 2.24) is 15.1 Å². The molecule has 1 fully saturated rings. The number of benzene rings is 1. The number of amides is 3. The Kier molecular flexibility index (Phi) is 5.38. The van der Waals surface area contributed by atoms with Crippen molar-refractivity contribution in [3.05, 3.63) is 47.3 Å². The van der Waals surface area contributed by atoms with Crippen LogP contribution in [0.2, 0.25) is 5.02 Å². The van der Waals surface area contributed by atoms with E-state index >= 15 is 0 Å². The van der Waals surface area contributed by atoms with Gasteiger partial charge in [-0.05, 0) is 18.2 Å². The third kappa shape index (κ3) is 3.76. The van der Waals surface area contributed by atoms with Crippen LogP contribution in [0.25, 0.3) is 0 Å². The number of nitrogens with one attached hydrogen (secondary N) is 1. The molecule has 1 aliphatic heterocycles. The fourth-order valence-corrected chi connectivity index (χ4v) is 2.47. The van der Waals surface area contributed by atoms with Crippen LogP contribution in [-0.2, 0) is 0 Å². The zero-order chi connectivity index (χ0) is 16.1. The second-order valence-electron chi connectivity index (χ2n) is 4.88. The molecule has 3 amide bonds. The van der Waals surface area contributed by atoms with Crippen LogP contribution < -0.4 is 5.32 Å². The number of halogens is 2. The van der Waals surface area contributed by atoms with E-state index in [1.54, 1.807) is 15.9 Å². The Labute approximate surface area is 133 Å². The minimum Gasteiger partial charge on any atom is -0.335 e. The van der Waals surface area contributed by atoms with Crippen LogP contribution in [0.5, 0.6) is 0 Å². The molecule has 1 N–H and O–H groups in total. The standard InChI is InChI=1S/C15H17ClFN3O2/c1-2-5-18-15(22)20-8-6-19(7-9-20)14(21)12-4-3-11(17)10-13(12)16/h2-4,10H,1,5-9H2,(H,18,22). The summed E-state index contributed by atoms with van der Waals surface area (Å²) in [5, 5.41) is 2.79. The van der Waals surface area contributed by atoms with Crippen LogP contribution in [0.1, 0.15) is 10.4 Å². The molecule has 1 aromatic carbocycles. The highest BCUT2D eigenvalue weighted by Crippen LogP contribution is 2.19. The molecule has 0 bridgehead atoms. The fraction of sp³-hybridized carbons (Fsp3) is 0.333. The van der Waals surface area contributed by atoms with Gasteiger partial charge in [0.15, 0.2) is 0 Å². The third-order valence-corrected chi connectivity index (χ3v) is 3.73. The average molecular weight is 326 g/mol. The lowest BCUT2D eigenvalue weighted by Gasteiger charge is -2.34. The summed E-state index contributed by atoms with van der Waals surface area (Å²) in [5.41, 5.74) is 0.271. The Morgan fingerprint density at radius 3 is 2.50 bits per heavy atom. The van der Waals surface area contributed by atoms with Gasteiger partial charge in [-0.3, -0.25) is 4.79 Å². The molecule has 0 saturated carbocycles. The zero-order valence-corrected chi connectivity index (χ0v) is 12.8. The molecule has 0 unspecified atom stereocenters. The first-order chi connectivity index (χ1) is 10.5. The van der Waals surface area contributed by atoms with Crippen LogP contribution in [0.4, 0.5) is 9.18 Å². The van der Waals surface area contributed by atoms with Crippen molar-refractivity contribution in [3.63, 3.8) is 0 Å². The van der Waals surface area contributed by atoms with Gasteiger partial charge in [-0.25, -0.2) is 9.18 Å². The van der Waals surface area contributed by atoms with E-state index in [1.165, 1.54) is 12.1 Å². The maximum absolute atomic E-state index is 13.0. The summed E-state index contributed by atoms with van der Waals surface area (Å²) in [4.78, 5) is 27.4. The Morgan fingerprint density at radius 2 is 1.91 bits per heavy atom. The van der Waals surface area contributed by atoms with Crippen molar-refractivity contribution in [2.45, 2.75) is 0 Å². The third-order valence-electron chi connectivity index (χ3n) is 3.41. The molecule has 22 heavy (non-hydrogen) atoms. The molecule has 1 aromatic rings. The van der Waals surface area contributed by atoms with Crippen molar-refractivity contribution in [2.75, 3.05) is 32.7 Å². The van der Waals surface area contributed by atoms with E-state index in [-0.39, 0.29) is 22.5 Å². The number of piperazine rings is 1. The Hall–Kier alpha value is -2.08. The lowest BCUT2D eigenvalue weighted by molar-refractivity contribution is 0.0665. The molecule has 5 nitrogen and oxygen atoms in total. The molecule has 2 rings (SSSR count). The van der Waals surface area contributed by atoms with Gasteiger partial charge in [-0.1, -0.05) is 17.7 Å². The van der Waals surface area contributed by atoms with Crippen molar-refractivity contribution >= 4 is 23.5 Å². The highest BCUT2D eigenvalue weighted by molar-refractivity contribution is 6.33. The molecule has 0 atom stereocenters. The van der Waals surface area contributed by atoms with E-state index in [9.17, 15) is 14.0 Å². The van der Waals surface area contributed by atoms with Gasteiger partial charge >= 0.3 is 6.03 Å². The molecular weight excluding hydrogens is 309 g/mol.